The third-order valence-electron chi connectivity index (χ3n) is 4.42. The van der Waals surface area contributed by atoms with Crippen LogP contribution in [0.25, 0.3) is 16.6 Å². The fraction of sp³-hybridized carbons (Fsp3) is 0.222. The topological polar surface area (TPSA) is 114 Å². The summed E-state index contributed by atoms with van der Waals surface area (Å²) in [5.41, 5.74) is 9.59. The molecule has 0 saturated heterocycles. The molecule has 3 heterocycles. The van der Waals surface area contributed by atoms with Gasteiger partial charge in [0.1, 0.15) is 6.33 Å². The summed E-state index contributed by atoms with van der Waals surface area (Å²) in [4.78, 5) is 23.4. The van der Waals surface area contributed by atoms with Gasteiger partial charge in [-0.2, -0.15) is 9.61 Å². The number of anilines is 1. The second-order valence-electron chi connectivity index (χ2n) is 6.10. The predicted molar refractivity (Wildman–Crippen MR) is 98.5 cm³/mol. The average molecular weight is 349 g/mol. The molecule has 8 heteroatoms. The minimum Gasteiger partial charge on any atom is -0.368 e. The number of aromatic amines is 1. The Labute approximate surface area is 149 Å². The first kappa shape index (κ1) is 16.1. The van der Waals surface area contributed by atoms with E-state index in [9.17, 15) is 4.79 Å². The van der Waals surface area contributed by atoms with Crippen LogP contribution in [0.2, 0.25) is 0 Å². The number of rotatable bonds is 6. The number of nitrogens with zero attached hydrogens (tertiary/aromatic N) is 4. The van der Waals surface area contributed by atoms with Gasteiger partial charge in [-0.1, -0.05) is 18.2 Å². The number of hydrogen-bond acceptors (Lipinski definition) is 5. The van der Waals surface area contributed by atoms with Crippen molar-refractivity contribution < 1.29 is 4.79 Å². The van der Waals surface area contributed by atoms with Crippen molar-refractivity contribution in [1.82, 2.24) is 29.9 Å². The third-order valence-corrected chi connectivity index (χ3v) is 4.42. The van der Waals surface area contributed by atoms with Crippen LogP contribution in [0, 0.1) is 0 Å². The zero-order valence-corrected chi connectivity index (χ0v) is 14.1. The number of aryl methyl sites for hydroxylation is 1. The second kappa shape index (κ2) is 6.83. The summed E-state index contributed by atoms with van der Waals surface area (Å²) in [6.45, 7) is 0.602. The number of para-hydroxylation sites is 1. The van der Waals surface area contributed by atoms with E-state index in [0.29, 0.717) is 25.0 Å². The van der Waals surface area contributed by atoms with E-state index in [0.717, 1.165) is 17.5 Å². The molecule has 0 aliphatic heterocycles. The average Bonchev–Trinajstić information content (AvgIpc) is 3.25. The molecule has 0 aliphatic rings. The van der Waals surface area contributed by atoms with Gasteiger partial charge >= 0.3 is 0 Å². The second-order valence-corrected chi connectivity index (χ2v) is 6.10. The molecule has 0 radical (unpaired) electrons. The summed E-state index contributed by atoms with van der Waals surface area (Å²) in [6.07, 6.45) is 6.80. The van der Waals surface area contributed by atoms with Crippen molar-refractivity contribution in [2.24, 2.45) is 0 Å². The molecule has 1 aromatic carbocycles. The number of nitrogen functional groups attached to an aromatic ring is 1. The van der Waals surface area contributed by atoms with Crippen molar-refractivity contribution in [3.63, 3.8) is 0 Å². The number of carbonyl (C=O) groups is 1. The Morgan fingerprint density at radius 2 is 2.08 bits per heavy atom. The molecule has 0 unspecified atom stereocenters. The Balaban J connectivity index is 1.31. The van der Waals surface area contributed by atoms with Crippen LogP contribution in [0.15, 0.2) is 43.0 Å². The highest BCUT2D eigenvalue weighted by molar-refractivity contribution is 5.83. The number of amides is 1. The smallest absolute Gasteiger partial charge is 0.224 e. The first-order valence-corrected chi connectivity index (χ1v) is 8.47. The summed E-state index contributed by atoms with van der Waals surface area (Å²) in [6, 6.07) is 8.15. The number of nitrogens with two attached hydrogens (primary N) is 1. The van der Waals surface area contributed by atoms with Crippen LogP contribution in [0.3, 0.4) is 0 Å². The van der Waals surface area contributed by atoms with E-state index < -0.39 is 0 Å². The van der Waals surface area contributed by atoms with Gasteiger partial charge in [-0.15, -0.1) is 0 Å². The normalized spacial score (nSPS) is 11.2. The lowest BCUT2D eigenvalue weighted by Crippen LogP contribution is -2.25. The fourth-order valence-electron chi connectivity index (χ4n) is 3.07. The highest BCUT2D eigenvalue weighted by Gasteiger charge is 2.10. The maximum Gasteiger partial charge on any atom is 0.224 e. The van der Waals surface area contributed by atoms with E-state index in [1.165, 1.54) is 21.8 Å². The van der Waals surface area contributed by atoms with Gasteiger partial charge in [0.05, 0.1) is 6.20 Å². The first-order chi connectivity index (χ1) is 12.7. The molecule has 0 fully saturated rings. The van der Waals surface area contributed by atoms with Crippen molar-refractivity contribution in [2.75, 3.05) is 12.3 Å². The van der Waals surface area contributed by atoms with Gasteiger partial charge in [0.15, 0.2) is 5.65 Å². The summed E-state index contributed by atoms with van der Waals surface area (Å²) in [5, 5.41) is 8.32. The van der Waals surface area contributed by atoms with Crippen molar-refractivity contribution in [1.29, 1.82) is 0 Å². The van der Waals surface area contributed by atoms with E-state index >= 15 is 0 Å². The zero-order chi connectivity index (χ0) is 17.9. The minimum absolute atomic E-state index is 0.00576. The maximum absolute atomic E-state index is 12.1. The summed E-state index contributed by atoms with van der Waals surface area (Å²) in [5.74, 6) is 0.288. The van der Waals surface area contributed by atoms with E-state index in [4.69, 9.17) is 5.73 Å². The van der Waals surface area contributed by atoms with Crippen LogP contribution in [0.5, 0.6) is 0 Å². The molecule has 0 bridgehead atoms. The molecular weight excluding hydrogens is 330 g/mol. The van der Waals surface area contributed by atoms with Crippen LogP contribution in [-0.4, -0.2) is 37.0 Å². The van der Waals surface area contributed by atoms with E-state index in [2.05, 4.69) is 31.4 Å². The fourth-order valence-corrected chi connectivity index (χ4v) is 3.07. The molecule has 0 atom stereocenters. The van der Waals surface area contributed by atoms with E-state index in [1.807, 2.05) is 24.4 Å². The first-order valence-electron chi connectivity index (χ1n) is 8.47. The number of fused-ring (bicyclic) bond motifs is 2. The number of aromatic nitrogens is 5. The molecule has 4 aromatic rings. The quantitative estimate of drug-likeness (QED) is 0.488. The molecule has 0 aliphatic carbocycles. The summed E-state index contributed by atoms with van der Waals surface area (Å²) < 4.78 is 1.48. The molecular formula is C18H19N7O. The van der Waals surface area contributed by atoms with Gasteiger partial charge in [0.25, 0.3) is 0 Å². The van der Waals surface area contributed by atoms with Gasteiger partial charge in [-0.05, 0) is 24.5 Å². The number of benzene rings is 1. The number of nitrogens with one attached hydrogen (secondary N) is 2. The van der Waals surface area contributed by atoms with Crippen LogP contribution in [-0.2, 0) is 17.6 Å². The van der Waals surface area contributed by atoms with Crippen LogP contribution < -0.4 is 11.1 Å². The third kappa shape index (κ3) is 3.08. The maximum atomic E-state index is 12.1. The van der Waals surface area contributed by atoms with Gasteiger partial charge in [0.2, 0.25) is 11.9 Å². The lowest BCUT2D eigenvalue weighted by molar-refractivity contribution is -0.121. The van der Waals surface area contributed by atoms with Crippen LogP contribution in [0.4, 0.5) is 5.95 Å². The Morgan fingerprint density at radius 3 is 3.00 bits per heavy atom. The molecule has 4 rings (SSSR count). The number of H-pyrrole nitrogens is 1. The van der Waals surface area contributed by atoms with Gasteiger partial charge in [-0.3, -0.25) is 4.79 Å². The lowest BCUT2D eigenvalue weighted by atomic mass is 10.1. The molecule has 1 amide bonds. The van der Waals surface area contributed by atoms with E-state index in [-0.39, 0.29) is 11.9 Å². The highest BCUT2D eigenvalue weighted by atomic mass is 16.1. The van der Waals surface area contributed by atoms with Gasteiger partial charge in [-0.25, -0.2) is 9.97 Å². The van der Waals surface area contributed by atoms with Crippen molar-refractivity contribution in [3.8, 4) is 0 Å². The molecule has 26 heavy (non-hydrogen) atoms. The molecule has 3 aromatic heterocycles. The number of hydrogen-bond donors (Lipinski definition) is 3. The monoisotopic (exact) mass is 349 g/mol. The standard InChI is InChI=1S/C18H19N7O/c19-18-23-11-22-17-13(10-24-25(17)18)5-6-16(26)20-8-7-12-9-21-15-4-2-1-3-14(12)15/h1-4,9-11,21H,5-8H2,(H,20,26)(H2,19,22,23). The SMILES string of the molecule is Nc1ncnc2c(CCC(=O)NCCc3c[nH]c4ccccc34)cnn12. The Kier molecular flexibility index (Phi) is 4.22. The van der Waals surface area contributed by atoms with Crippen molar-refractivity contribution in [3.05, 3.63) is 54.1 Å². The molecule has 0 saturated carbocycles. The van der Waals surface area contributed by atoms with Crippen LogP contribution >= 0.6 is 0 Å². The lowest BCUT2D eigenvalue weighted by Gasteiger charge is -2.04. The van der Waals surface area contributed by atoms with Gasteiger partial charge < -0.3 is 16.0 Å². The van der Waals surface area contributed by atoms with Crippen molar-refractivity contribution in [2.45, 2.75) is 19.3 Å². The molecule has 8 nitrogen and oxygen atoms in total. The van der Waals surface area contributed by atoms with E-state index in [1.54, 1.807) is 6.20 Å². The minimum atomic E-state index is 0.00576. The van der Waals surface area contributed by atoms with Crippen molar-refractivity contribution >= 4 is 28.4 Å². The Bertz CT molecular complexity index is 1070. The van der Waals surface area contributed by atoms with Crippen LogP contribution in [0.1, 0.15) is 17.5 Å². The molecule has 132 valence electrons. The summed E-state index contributed by atoms with van der Waals surface area (Å²) in [7, 11) is 0. The number of carbonyl (C=O) groups excluding carboxylic acids is 1. The van der Waals surface area contributed by atoms with Gasteiger partial charge in [0, 0.05) is 35.6 Å². The molecule has 0 spiro atoms. The zero-order valence-electron chi connectivity index (χ0n) is 14.1. The Hall–Kier alpha value is -3.42. The molecule has 4 N–H and O–H groups in total. The Morgan fingerprint density at radius 1 is 1.19 bits per heavy atom. The highest BCUT2D eigenvalue weighted by Crippen LogP contribution is 2.17. The predicted octanol–water partition coefficient (Wildman–Crippen LogP) is 1.48. The summed E-state index contributed by atoms with van der Waals surface area (Å²) >= 11 is 0. The largest absolute Gasteiger partial charge is 0.368 e.